The molecule has 0 aliphatic heterocycles. The highest BCUT2D eigenvalue weighted by molar-refractivity contribution is 6.25. The lowest BCUT2D eigenvalue weighted by Crippen LogP contribution is -1.70. The molecule has 0 unspecified atom stereocenters. The fourth-order valence-corrected chi connectivity index (χ4v) is 0.637. The minimum Gasteiger partial charge on any atom is -0.125 e. The Labute approximate surface area is 84.5 Å². The van der Waals surface area contributed by atoms with Crippen LogP contribution in [0.25, 0.3) is 0 Å². The summed E-state index contributed by atoms with van der Waals surface area (Å²) in [6.07, 6.45) is 0. The maximum absolute atomic E-state index is 5.05. The molecule has 0 bridgehead atoms. The van der Waals surface area contributed by atoms with Crippen LogP contribution in [0.3, 0.4) is 0 Å². The monoisotopic (exact) mass is 204 g/mol. The Hall–Kier alpha value is -0.200. The molecule has 0 saturated carbocycles. The van der Waals surface area contributed by atoms with Crippen LogP contribution >= 0.6 is 23.2 Å². The maximum Gasteiger partial charge on any atom is 0.0359 e. The number of halogens is 2. The number of hydrogen-bond acceptors (Lipinski definition) is 0. The Morgan fingerprint density at radius 2 is 1.08 bits per heavy atom. The molecule has 0 spiro atoms. The summed E-state index contributed by atoms with van der Waals surface area (Å²) >= 11 is 10.1. The van der Waals surface area contributed by atoms with Crippen molar-refractivity contribution < 1.29 is 0 Å². The molecule has 0 aliphatic carbocycles. The zero-order valence-electron chi connectivity index (χ0n) is 7.48. The van der Waals surface area contributed by atoms with Crippen LogP contribution in [0.15, 0.2) is 24.3 Å². The van der Waals surface area contributed by atoms with Gasteiger partial charge in [-0.1, -0.05) is 35.4 Å². The summed E-state index contributed by atoms with van der Waals surface area (Å²) < 4.78 is 0. The Morgan fingerprint density at radius 3 is 1.25 bits per heavy atom. The van der Waals surface area contributed by atoms with Crippen LogP contribution in [0.4, 0.5) is 0 Å². The molecule has 0 aromatic heterocycles. The summed E-state index contributed by atoms with van der Waals surface area (Å²) in [6.45, 7) is 4.19. The van der Waals surface area contributed by atoms with Gasteiger partial charge >= 0.3 is 0 Å². The summed E-state index contributed by atoms with van der Waals surface area (Å²) in [5, 5.41) is 0. The molecule has 0 saturated heterocycles. The summed E-state index contributed by atoms with van der Waals surface area (Å²) in [4.78, 5) is 0. The smallest absolute Gasteiger partial charge is 0.0359 e. The van der Waals surface area contributed by atoms with Crippen LogP contribution in [-0.4, -0.2) is 11.8 Å². The predicted octanol–water partition coefficient (Wildman–Crippen LogP) is 3.77. The zero-order valence-corrected chi connectivity index (χ0v) is 8.99. The van der Waals surface area contributed by atoms with E-state index in [0.717, 1.165) is 0 Å². The minimum absolute atomic E-state index is 0.557. The molecular formula is C10H14Cl2. The second-order valence-electron chi connectivity index (χ2n) is 2.53. The minimum atomic E-state index is 0.557. The standard InChI is InChI=1S/C8H10.C2H4Cl2/c1-7-3-5-8(2)6-4-7;3-1-2-4/h3-6H,1-2H3;1-2H2. The van der Waals surface area contributed by atoms with Gasteiger partial charge in [-0.3, -0.25) is 0 Å². The van der Waals surface area contributed by atoms with Gasteiger partial charge in [0.05, 0.1) is 0 Å². The van der Waals surface area contributed by atoms with Gasteiger partial charge < -0.3 is 0 Å². The quantitative estimate of drug-likeness (QED) is 0.612. The molecular weight excluding hydrogens is 191 g/mol. The van der Waals surface area contributed by atoms with Crippen molar-refractivity contribution in [3.05, 3.63) is 35.4 Å². The summed E-state index contributed by atoms with van der Waals surface area (Å²) in [7, 11) is 0. The van der Waals surface area contributed by atoms with E-state index in [1.807, 2.05) is 0 Å². The van der Waals surface area contributed by atoms with Crippen LogP contribution in [-0.2, 0) is 0 Å². The van der Waals surface area contributed by atoms with Crippen LogP contribution in [0.5, 0.6) is 0 Å². The summed E-state index contributed by atoms with van der Waals surface area (Å²) in [5.41, 5.74) is 2.66. The second kappa shape index (κ2) is 7.45. The fourth-order valence-electron chi connectivity index (χ4n) is 0.637. The fraction of sp³-hybridized carbons (Fsp3) is 0.400. The molecule has 1 aromatic carbocycles. The van der Waals surface area contributed by atoms with E-state index in [1.54, 1.807) is 0 Å². The van der Waals surface area contributed by atoms with E-state index < -0.39 is 0 Å². The van der Waals surface area contributed by atoms with Gasteiger partial charge in [0.2, 0.25) is 0 Å². The van der Waals surface area contributed by atoms with E-state index in [-0.39, 0.29) is 0 Å². The van der Waals surface area contributed by atoms with Crippen molar-refractivity contribution in [2.75, 3.05) is 11.8 Å². The Balaban J connectivity index is 0.000000261. The van der Waals surface area contributed by atoms with Gasteiger partial charge in [-0.05, 0) is 13.8 Å². The predicted molar refractivity (Wildman–Crippen MR) is 57.4 cm³/mol. The van der Waals surface area contributed by atoms with E-state index in [4.69, 9.17) is 23.2 Å². The van der Waals surface area contributed by atoms with E-state index >= 15 is 0 Å². The molecule has 1 rings (SSSR count). The van der Waals surface area contributed by atoms with Crippen LogP contribution in [0, 0.1) is 13.8 Å². The molecule has 0 amide bonds. The van der Waals surface area contributed by atoms with Gasteiger partial charge in [-0.2, -0.15) is 0 Å². The van der Waals surface area contributed by atoms with Crippen molar-refractivity contribution in [2.45, 2.75) is 13.8 Å². The largest absolute Gasteiger partial charge is 0.125 e. The number of aryl methyl sites for hydroxylation is 2. The number of rotatable bonds is 1. The van der Waals surface area contributed by atoms with Crippen molar-refractivity contribution >= 4 is 23.2 Å². The van der Waals surface area contributed by atoms with E-state index in [1.165, 1.54) is 11.1 Å². The molecule has 2 heteroatoms. The van der Waals surface area contributed by atoms with Crippen molar-refractivity contribution in [3.63, 3.8) is 0 Å². The van der Waals surface area contributed by atoms with Gasteiger partial charge in [0.15, 0.2) is 0 Å². The first-order valence-electron chi connectivity index (χ1n) is 3.86. The molecule has 12 heavy (non-hydrogen) atoms. The van der Waals surface area contributed by atoms with Crippen molar-refractivity contribution in [1.29, 1.82) is 0 Å². The zero-order chi connectivity index (χ0) is 9.40. The van der Waals surface area contributed by atoms with Crippen molar-refractivity contribution in [3.8, 4) is 0 Å². The van der Waals surface area contributed by atoms with Crippen LogP contribution in [0.2, 0.25) is 0 Å². The topological polar surface area (TPSA) is 0 Å². The Bertz CT molecular complexity index is 168. The lowest BCUT2D eigenvalue weighted by Gasteiger charge is -1.90. The molecule has 1 aromatic rings. The molecule has 0 fully saturated rings. The average Bonchev–Trinajstić information content (AvgIpc) is 2.11. The molecule has 0 heterocycles. The molecule has 0 aliphatic rings. The first-order chi connectivity index (χ1) is 5.70. The maximum atomic E-state index is 5.05. The van der Waals surface area contributed by atoms with Crippen molar-refractivity contribution in [1.82, 2.24) is 0 Å². The SMILES string of the molecule is Cc1ccc(C)cc1.ClCCCl. The highest BCUT2D eigenvalue weighted by Gasteiger charge is 1.79. The van der Waals surface area contributed by atoms with Gasteiger partial charge in [0.1, 0.15) is 0 Å². The van der Waals surface area contributed by atoms with Crippen LogP contribution in [0.1, 0.15) is 11.1 Å². The number of hydrogen-bond donors (Lipinski definition) is 0. The third-order valence-corrected chi connectivity index (χ3v) is 1.86. The highest BCUT2D eigenvalue weighted by Crippen LogP contribution is 1.99. The van der Waals surface area contributed by atoms with Crippen LogP contribution < -0.4 is 0 Å². The number of benzene rings is 1. The molecule has 68 valence electrons. The summed E-state index contributed by atoms with van der Waals surface area (Å²) in [6, 6.07) is 8.48. The highest BCUT2D eigenvalue weighted by atomic mass is 35.5. The molecule has 0 radical (unpaired) electrons. The normalized spacial score (nSPS) is 8.67. The van der Waals surface area contributed by atoms with E-state index in [2.05, 4.69) is 38.1 Å². The van der Waals surface area contributed by atoms with E-state index in [0.29, 0.717) is 11.8 Å². The molecule has 0 N–H and O–H groups in total. The second-order valence-corrected chi connectivity index (χ2v) is 3.29. The van der Waals surface area contributed by atoms with Gasteiger partial charge in [0, 0.05) is 11.8 Å². The summed E-state index contributed by atoms with van der Waals surface area (Å²) in [5.74, 6) is 1.11. The van der Waals surface area contributed by atoms with Gasteiger partial charge in [-0.15, -0.1) is 23.2 Å². The third-order valence-electron chi connectivity index (χ3n) is 1.29. The Morgan fingerprint density at radius 1 is 0.833 bits per heavy atom. The molecule has 0 nitrogen and oxygen atoms in total. The first-order valence-corrected chi connectivity index (χ1v) is 4.92. The number of alkyl halides is 2. The van der Waals surface area contributed by atoms with Crippen molar-refractivity contribution in [2.24, 2.45) is 0 Å². The van der Waals surface area contributed by atoms with Gasteiger partial charge in [0.25, 0.3) is 0 Å². The van der Waals surface area contributed by atoms with E-state index in [9.17, 15) is 0 Å². The Kier molecular flexibility index (Phi) is 7.33. The lowest BCUT2D eigenvalue weighted by atomic mass is 10.2. The molecule has 0 atom stereocenters. The lowest BCUT2D eigenvalue weighted by molar-refractivity contribution is 1.40. The third kappa shape index (κ3) is 6.51. The van der Waals surface area contributed by atoms with Gasteiger partial charge in [-0.25, -0.2) is 0 Å². The average molecular weight is 205 g/mol. The first kappa shape index (κ1) is 11.8.